The molecule has 36 heavy (non-hydrogen) atoms. The summed E-state index contributed by atoms with van der Waals surface area (Å²) < 4.78 is 10.5. The van der Waals surface area contributed by atoms with Crippen molar-refractivity contribution in [2.75, 3.05) is 31.2 Å². The third-order valence-electron chi connectivity index (χ3n) is 6.90. The van der Waals surface area contributed by atoms with Crippen LogP contribution in [0.2, 0.25) is 0 Å². The highest BCUT2D eigenvalue weighted by Gasteiger charge is 2.33. The number of amides is 3. The predicted molar refractivity (Wildman–Crippen MR) is 137 cm³/mol. The monoisotopic (exact) mass is 493 g/mol. The van der Waals surface area contributed by atoms with Crippen molar-refractivity contribution in [2.24, 2.45) is 5.73 Å². The zero-order valence-electron chi connectivity index (χ0n) is 20.7. The number of para-hydroxylation sites is 1. The molecule has 2 aromatic rings. The Morgan fingerprint density at radius 3 is 2.31 bits per heavy atom. The van der Waals surface area contributed by atoms with Gasteiger partial charge in [0.2, 0.25) is 5.91 Å². The molecule has 8 nitrogen and oxygen atoms in total. The van der Waals surface area contributed by atoms with Crippen LogP contribution in [0.1, 0.15) is 60.9 Å². The Morgan fingerprint density at radius 1 is 0.889 bits per heavy atom. The van der Waals surface area contributed by atoms with E-state index in [0.29, 0.717) is 38.3 Å². The average molecular weight is 494 g/mol. The lowest BCUT2D eigenvalue weighted by Gasteiger charge is -2.41. The van der Waals surface area contributed by atoms with Crippen molar-refractivity contribution in [3.05, 3.63) is 59.7 Å². The van der Waals surface area contributed by atoms with Crippen molar-refractivity contribution in [2.45, 2.75) is 57.4 Å². The number of nitrogens with zero attached hydrogens (tertiary/aromatic N) is 2. The summed E-state index contributed by atoms with van der Waals surface area (Å²) in [4.78, 5) is 40.1. The third-order valence-corrected chi connectivity index (χ3v) is 6.90. The van der Waals surface area contributed by atoms with Crippen molar-refractivity contribution >= 4 is 23.6 Å². The molecule has 0 bridgehead atoms. The molecule has 192 valence electrons. The van der Waals surface area contributed by atoms with Crippen LogP contribution in [0.25, 0.3) is 0 Å². The predicted octanol–water partition coefficient (Wildman–Crippen LogP) is 4.31. The zero-order valence-corrected chi connectivity index (χ0v) is 20.7. The lowest BCUT2D eigenvalue weighted by atomic mass is 9.95. The van der Waals surface area contributed by atoms with Crippen LogP contribution in [0.3, 0.4) is 0 Å². The molecule has 2 N–H and O–H groups in total. The quantitative estimate of drug-likeness (QED) is 0.497. The fourth-order valence-corrected chi connectivity index (χ4v) is 4.98. The van der Waals surface area contributed by atoms with E-state index in [2.05, 4.69) is 6.07 Å². The van der Waals surface area contributed by atoms with Gasteiger partial charge < -0.3 is 25.0 Å². The second-order valence-corrected chi connectivity index (χ2v) is 9.37. The molecule has 1 saturated heterocycles. The fourth-order valence-electron chi connectivity index (χ4n) is 4.98. The van der Waals surface area contributed by atoms with Crippen LogP contribution in [0, 0.1) is 0 Å². The summed E-state index contributed by atoms with van der Waals surface area (Å²) in [6.07, 6.45) is 5.79. The second kappa shape index (κ2) is 12.4. The molecule has 2 heterocycles. The molecule has 0 saturated carbocycles. The SMILES string of the molecule is NC(=O)OCCCCCCOc1ccc(C(=O)N2CCC(N3C(=O)CCc4ccccc43)CC2)cc1. The highest BCUT2D eigenvalue weighted by Crippen LogP contribution is 2.32. The Bertz CT molecular complexity index is 1050. The van der Waals surface area contributed by atoms with Gasteiger partial charge in [-0.05, 0) is 80.8 Å². The van der Waals surface area contributed by atoms with Crippen LogP contribution in [0.4, 0.5) is 10.5 Å². The minimum absolute atomic E-state index is 0.0172. The van der Waals surface area contributed by atoms with Gasteiger partial charge in [-0.15, -0.1) is 0 Å². The molecule has 3 amide bonds. The van der Waals surface area contributed by atoms with Gasteiger partial charge in [0.15, 0.2) is 0 Å². The molecule has 4 rings (SSSR count). The number of aryl methyl sites for hydroxylation is 1. The first-order valence-corrected chi connectivity index (χ1v) is 12.9. The van der Waals surface area contributed by atoms with Gasteiger partial charge in [-0.3, -0.25) is 9.59 Å². The summed E-state index contributed by atoms with van der Waals surface area (Å²) in [5, 5.41) is 0. The van der Waals surface area contributed by atoms with Crippen LogP contribution < -0.4 is 15.4 Å². The minimum atomic E-state index is -0.732. The Labute approximate surface area is 212 Å². The van der Waals surface area contributed by atoms with Gasteiger partial charge in [-0.2, -0.15) is 0 Å². The van der Waals surface area contributed by atoms with Crippen LogP contribution in [0.5, 0.6) is 5.75 Å². The number of likely N-dealkylation sites (tertiary alicyclic amines) is 1. The van der Waals surface area contributed by atoms with E-state index in [4.69, 9.17) is 15.2 Å². The second-order valence-electron chi connectivity index (χ2n) is 9.37. The molecule has 2 aliphatic rings. The number of rotatable bonds is 10. The van der Waals surface area contributed by atoms with E-state index in [1.807, 2.05) is 52.3 Å². The minimum Gasteiger partial charge on any atom is -0.494 e. The summed E-state index contributed by atoms with van der Waals surface area (Å²) >= 11 is 0. The largest absolute Gasteiger partial charge is 0.494 e. The summed E-state index contributed by atoms with van der Waals surface area (Å²) in [6, 6.07) is 15.6. The molecule has 1 fully saturated rings. The summed E-state index contributed by atoms with van der Waals surface area (Å²) in [5.41, 5.74) is 7.84. The molecule has 2 aliphatic heterocycles. The van der Waals surface area contributed by atoms with Gasteiger partial charge >= 0.3 is 6.09 Å². The molecule has 0 aliphatic carbocycles. The molecule has 0 aromatic heterocycles. The molecule has 0 atom stereocenters. The van der Waals surface area contributed by atoms with Crippen molar-refractivity contribution in [1.29, 1.82) is 0 Å². The maximum absolute atomic E-state index is 13.0. The molecular weight excluding hydrogens is 458 g/mol. The van der Waals surface area contributed by atoms with Gasteiger partial charge in [0, 0.05) is 36.8 Å². The van der Waals surface area contributed by atoms with Crippen LogP contribution in [-0.2, 0) is 16.0 Å². The van der Waals surface area contributed by atoms with Crippen molar-refractivity contribution in [3.63, 3.8) is 0 Å². The van der Waals surface area contributed by atoms with E-state index in [1.165, 1.54) is 5.56 Å². The maximum atomic E-state index is 13.0. The Hall–Kier alpha value is -3.55. The van der Waals surface area contributed by atoms with E-state index >= 15 is 0 Å². The smallest absolute Gasteiger partial charge is 0.404 e. The van der Waals surface area contributed by atoms with Gasteiger partial charge in [0.25, 0.3) is 5.91 Å². The fraction of sp³-hybridized carbons (Fsp3) is 0.464. The number of fused-ring (bicyclic) bond motifs is 1. The standard InChI is InChI=1S/C28H35N3O5/c29-28(34)36-20-6-2-1-5-19-35-24-12-9-22(10-13-24)27(33)30-17-15-23(16-18-30)31-25-8-4-3-7-21(25)11-14-26(31)32/h3-4,7-10,12-13,23H,1-2,5-6,11,14-20H2,(H2,29,34). The molecule has 0 spiro atoms. The van der Waals surface area contributed by atoms with Crippen molar-refractivity contribution in [3.8, 4) is 5.75 Å². The van der Waals surface area contributed by atoms with E-state index in [9.17, 15) is 14.4 Å². The first-order valence-electron chi connectivity index (χ1n) is 12.9. The Morgan fingerprint density at radius 2 is 1.58 bits per heavy atom. The molecule has 0 unspecified atom stereocenters. The maximum Gasteiger partial charge on any atom is 0.404 e. The number of primary amides is 1. The topological polar surface area (TPSA) is 102 Å². The number of nitrogens with two attached hydrogens (primary N) is 1. The first-order chi connectivity index (χ1) is 17.5. The van der Waals surface area contributed by atoms with Crippen LogP contribution in [-0.4, -0.2) is 55.2 Å². The highest BCUT2D eigenvalue weighted by molar-refractivity contribution is 5.97. The van der Waals surface area contributed by atoms with E-state index < -0.39 is 6.09 Å². The Kier molecular flexibility index (Phi) is 8.81. The molecule has 8 heteroatoms. The number of unbranched alkanes of at least 4 members (excludes halogenated alkanes) is 3. The van der Waals surface area contributed by atoms with E-state index in [1.54, 1.807) is 0 Å². The normalized spacial score (nSPS) is 15.9. The lowest BCUT2D eigenvalue weighted by Crippen LogP contribution is -2.50. The molecule has 2 aromatic carbocycles. The van der Waals surface area contributed by atoms with Gasteiger partial charge in [0.05, 0.1) is 13.2 Å². The van der Waals surface area contributed by atoms with Gasteiger partial charge in [0.1, 0.15) is 5.75 Å². The number of hydrogen-bond donors (Lipinski definition) is 1. The van der Waals surface area contributed by atoms with Gasteiger partial charge in [-0.1, -0.05) is 18.2 Å². The number of benzene rings is 2. The number of anilines is 1. The number of ether oxygens (including phenoxy) is 2. The van der Waals surface area contributed by atoms with Gasteiger partial charge in [-0.25, -0.2) is 4.79 Å². The van der Waals surface area contributed by atoms with E-state index in [0.717, 1.165) is 56.4 Å². The Balaban J connectivity index is 1.20. The number of piperidine rings is 1. The third kappa shape index (κ3) is 6.56. The number of carbonyl (C=O) groups is 3. The van der Waals surface area contributed by atoms with Crippen molar-refractivity contribution in [1.82, 2.24) is 4.90 Å². The summed E-state index contributed by atoms with van der Waals surface area (Å²) in [7, 11) is 0. The average Bonchev–Trinajstić information content (AvgIpc) is 2.90. The van der Waals surface area contributed by atoms with Crippen LogP contribution >= 0.6 is 0 Å². The van der Waals surface area contributed by atoms with Crippen LogP contribution in [0.15, 0.2) is 48.5 Å². The number of hydrogen-bond acceptors (Lipinski definition) is 5. The van der Waals surface area contributed by atoms with E-state index in [-0.39, 0.29) is 17.9 Å². The van der Waals surface area contributed by atoms with Crippen molar-refractivity contribution < 1.29 is 23.9 Å². The lowest BCUT2D eigenvalue weighted by molar-refractivity contribution is -0.119. The molecular formula is C28H35N3O5. The zero-order chi connectivity index (χ0) is 25.3. The summed E-state index contributed by atoms with van der Waals surface area (Å²) in [6.45, 7) is 2.22. The highest BCUT2D eigenvalue weighted by atomic mass is 16.5. The molecule has 0 radical (unpaired) electrons. The summed E-state index contributed by atoms with van der Waals surface area (Å²) in [5.74, 6) is 0.944. The first kappa shape index (κ1) is 25.5. The number of carbonyl (C=O) groups excluding carboxylic acids is 3.